The lowest BCUT2D eigenvalue weighted by Crippen LogP contribution is -2.52. The number of hydrogen-bond donors (Lipinski definition) is 0. The van der Waals surface area contributed by atoms with Crippen LogP contribution >= 0.6 is 0 Å². The molecule has 0 atom stereocenters. The van der Waals surface area contributed by atoms with Gasteiger partial charge in [0.25, 0.3) is 0 Å². The summed E-state index contributed by atoms with van der Waals surface area (Å²) in [7, 11) is -2.19. The predicted molar refractivity (Wildman–Crippen MR) is 254 cm³/mol. The molecule has 276 valence electrons. The summed E-state index contributed by atoms with van der Waals surface area (Å²) in [5.41, 5.74) is 8.56. The maximum Gasteiger partial charge on any atom is 0.135 e. The Hall–Kier alpha value is -7.20. The summed E-state index contributed by atoms with van der Waals surface area (Å²) in [5.74, 6) is 0. The zero-order valence-electron chi connectivity index (χ0n) is 32.6. The van der Waals surface area contributed by atoms with E-state index in [-0.39, 0.29) is 0 Å². The van der Waals surface area contributed by atoms with E-state index in [1.165, 1.54) is 91.9 Å². The van der Waals surface area contributed by atoms with Crippen molar-refractivity contribution < 1.29 is 8.83 Å². The Morgan fingerprint density at radius 2 is 0.797 bits per heavy atom. The van der Waals surface area contributed by atoms with E-state index in [0.29, 0.717) is 0 Å². The molecule has 0 unspecified atom stereocenters. The van der Waals surface area contributed by atoms with Gasteiger partial charge in [0.2, 0.25) is 0 Å². The largest absolute Gasteiger partial charge is 0.456 e. The fourth-order valence-electron chi connectivity index (χ4n) is 10.1. The number of furan rings is 2. The van der Waals surface area contributed by atoms with Crippen LogP contribution in [0.5, 0.6) is 0 Å². The fraction of sp³-hybridized carbons (Fsp3) is 0.0357. The first-order chi connectivity index (χ1) is 29.0. The van der Waals surface area contributed by atoms with E-state index < -0.39 is 8.07 Å². The summed E-state index contributed by atoms with van der Waals surface area (Å²) in [6.07, 6.45) is 0. The molecule has 2 nitrogen and oxygen atoms in total. The van der Waals surface area contributed by atoms with E-state index in [2.05, 4.69) is 195 Å². The Morgan fingerprint density at radius 3 is 1.46 bits per heavy atom. The molecule has 0 bridgehead atoms. The molecule has 0 spiro atoms. The van der Waals surface area contributed by atoms with Gasteiger partial charge in [-0.1, -0.05) is 163 Å². The Bertz CT molecular complexity index is 3870. The third-order valence-electron chi connectivity index (χ3n) is 13.3. The van der Waals surface area contributed by atoms with Gasteiger partial charge >= 0.3 is 0 Å². The molecule has 0 aliphatic heterocycles. The normalized spacial score (nSPS) is 12.6. The molecule has 59 heavy (non-hydrogen) atoms. The van der Waals surface area contributed by atoms with Gasteiger partial charge in [-0.15, -0.1) is 0 Å². The van der Waals surface area contributed by atoms with Crippen molar-refractivity contribution in [2.45, 2.75) is 13.1 Å². The van der Waals surface area contributed by atoms with Crippen LogP contribution in [-0.2, 0) is 0 Å². The summed E-state index contributed by atoms with van der Waals surface area (Å²) in [4.78, 5) is 0. The van der Waals surface area contributed by atoms with Crippen LogP contribution in [0, 0.1) is 0 Å². The van der Waals surface area contributed by atoms with E-state index in [1.807, 2.05) is 0 Å². The Labute approximate surface area is 340 Å². The summed E-state index contributed by atoms with van der Waals surface area (Å²) in [5, 5.41) is 20.3. The molecule has 13 rings (SSSR count). The molecule has 0 aliphatic carbocycles. The van der Waals surface area contributed by atoms with Crippen LogP contribution in [0.1, 0.15) is 0 Å². The van der Waals surface area contributed by atoms with E-state index >= 15 is 0 Å². The molecule has 3 heteroatoms. The third-order valence-corrected chi connectivity index (χ3v) is 16.8. The minimum atomic E-state index is -2.19. The molecule has 0 radical (unpaired) electrons. The summed E-state index contributed by atoms with van der Waals surface area (Å²) in [6, 6.07) is 67.2. The second kappa shape index (κ2) is 11.9. The van der Waals surface area contributed by atoms with Gasteiger partial charge in [-0.05, 0) is 119 Å². The molecule has 0 saturated heterocycles. The molecule has 13 aromatic rings. The van der Waals surface area contributed by atoms with Gasteiger partial charge in [0, 0.05) is 21.5 Å². The minimum Gasteiger partial charge on any atom is -0.456 e. The van der Waals surface area contributed by atoms with Crippen LogP contribution in [0.3, 0.4) is 0 Å². The second-order valence-corrected chi connectivity index (χ2v) is 21.2. The number of rotatable bonds is 4. The monoisotopic (exact) mass is 768 g/mol. The standard InChI is InChI=1S/C56H36O2Si/c1-59(2,40-21-27-54-50(32-40)48-30-38(19-25-52(48)58-54)46-28-36-8-3-4-11-41(36)43-12-5-6-13-44(43)46)39-20-26-53-49(31-39)47-29-37(18-24-51(47)57-53)42-22-16-35-15-14-33-9-7-10-34-17-23-45(42)56(35)55(33)34/h3-32H,1-2H3. The Balaban J connectivity index is 0.925. The first-order valence-corrected chi connectivity index (χ1v) is 23.5. The van der Waals surface area contributed by atoms with Crippen molar-refractivity contribution in [2.75, 3.05) is 0 Å². The average molecular weight is 769 g/mol. The van der Waals surface area contributed by atoms with Gasteiger partial charge in [0.1, 0.15) is 30.4 Å². The highest BCUT2D eigenvalue weighted by atomic mass is 28.3. The highest BCUT2D eigenvalue weighted by molar-refractivity contribution is 7.00. The number of fused-ring (bicyclic) bond motifs is 9. The lowest BCUT2D eigenvalue weighted by Gasteiger charge is -2.24. The first kappa shape index (κ1) is 32.8. The zero-order valence-corrected chi connectivity index (χ0v) is 33.6. The van der Waals surface area contributed by atoms with E-state index in [4.69, 9.17) is 8.83 Å². The van der Waals surface area contributed by atoms with Gasteiger partial charge in [-0.2, -0.15) is 0 Å². The summed E-state index contributed by atoms with van der Waals surface area (Å²) in [6.45, 7) is 4.92. The molecule has 2 aromatic heterocycles. The van der Waals surface area contributed by atoms with Gasteiger partial charge in [-0.25, -0.2) is 0 Å². The van der Waals surface area contributed by atoms with Crippen molar-refractivity contribution in [3.8, 4) is 22.3 Å². The molecule has 0 aliphatic rings. The van der Waals surface area contributed by atoms with Crippen molar-refractivity contribution in [2.24, 2.45) is 0 Å². The van der Waals surface area contributed by atoms with Crippen LogP contribution in [0.25, 0.3) is 120 Å². The molecule has 0 fully saturated rings. The zero-order chi connectivity index (χ0) is 39.0. The maximum atomic E-state index is 6.49. The van der Waals surface area contributed by atoms with Crippen LogP contribution in [0.4, 0.5) is 0 Å². The fourth-order valence-corrected chi connectivity index (χ4v) is 12.5. The smallest absolute Gasteiger partial charge is 0.135 e. The lowest BCUT2D eigenvalue weighted by molar-refractivity contribution is 0.668. The van der Waals surface area contributed by atoms with E-state index in [9.17, 15) is 0 Å². The van der Waals surface area contributed by atoms with Crippen molar-refractivity contribution in [3.05, 3.63) is 182 Å². The molecule has 0 saturated carbocycles. The quantitative estimate of drug-likeness (QED) is 0.132. The molecular formula is C56H36O2Si. The summed E-state index contributed by atoms with van der Waals surface area (Å²) >= 11 is 0. The second-order valence-electron chi connectivity index (χ2n) is 16.8. The minimum absolute atomic E-state index is 0.914. The third kappa shape index (κ3) is 4.74. The number of hydrogen-bond acceptors (Lipinski definition) is 2. The van der Waals surface area contributed by atoms with Crippen LogP contribution in [0.15, 0.2) is 191 Å². The molecule has 11 aromatic carbocycles. The van der Waals surface area contributed by atoms with Crippen molar-refractivity contribution in [1.29, 1.82) is 0 Å². The van der Waals surface area contributed by atoms with Crippen molar-refractivity contribution in [1.82, 2.24) is 0 Å². The van der Waals surface area contributed by atoms with E-state index in [0.717, 1.165) is 38.5 Å². The molecule has 0 amide bonds. The predicted octanol–water partition coefficient (Wildman–Crippen LogP) is 14.8. The SMILES string of the molecule is C[Si](C)(c1ccc2oc3ccc(-c4cc5ccccc5c5ccccc45)cc3c2c1)c1ccc2oc3ccc(-c4ccc5ccc6cccc7ccc4c5c67)cc3c2c1. The highest BCUT2D eigenvalue weighted by Crippen LogP contribution is 2.42. The van der Waals surface area contributed by atoms with Crippen LogP contribution in [-0.4, -0.2) is 8.07 Å². The molecular weight excluding hydrogens is 733 g/mol. The van der Waals surface area contributed by atoms with Crippen LogP contribution < -0.4 is 10.4 Å². The average Bonchev–Trinajstić information content (AvgIpc) is 3.84. The van der Waals surface area contributed by atoms with Crippen molar-refractivity contribution >= 4 is 116 Å². The molecule has 2 heterocycles. The summed E-state index contributed by atoms with van der Waals surface area (Å²) < 4.78 is 13.0. The van der Waals surface area contributed by atoms with Gasteiger partial charge in [0.15, 0.2) is 0 Å². The maximum absolute atomic E-state index is 6.49. The first-order valence-electron chi connectivity index (χ1n) is 20.5. The van der Waals surface area contributed by atoms with Gasteiger partial charge < -0.3 is 8.83 Å². The van der Waals surface area contributed by atoms with Gasteiger partial charge in [-0.3, -0.25) is 0 Å². The Kier molecular flexibility index (Phi) is 6.63. The number of benzene rings is 11. The lowest BCUT2D eigenvalue weighted by atomic mass is 9.89. The van der Waals surface area contributed by atoms with Gasteiger partial charge in [0.05, 0.1) is 0 Å². The van der Waals surface area contributed by atoms with E-state index in [1.54, 1.807) is 0 Å². The highest BCUT2D eigenvalue weighted by Gasteiger charge is 2.28. The van der Waals surface area contributed by atoms with Crippen LogP contribution in [0.2, 0.25) is 13.1 Å². The molecule has 0 N–H and O–H groups in total. The topological polar surface area (TPSA) is 26.3 Å². The Morgan fingerprint density at radius 1 is 0.305 bits per heavy atom. The van der Waals surface area contributed by atoms with Crippen molar-refractivity contribution in [3.63, 3.8) is 0 Å².